The summed E-state index contributed by atoms with van der Waals surface area (Å²) in [5.41, 5.74) is 3.02. The highest BCUT2D eigenvalue weighted by Crippen LogP contribution is 2.21. The first-order valence-corrected chi connectivity index (χ1v) is 7.18. The lowest BCUT2D eigenvalue weighted by atomic mass is 10.0. The van der Waals surface area contributed by atoms with Crippen LogP contribution in [0.15, 0.2) is 60.9 Å². The van der Waals surface area contributed by atoms with Crippen LogP contribution in [-0.4, -0.2) is 18.1 Å². The molecule has 1 heterocycles. The van der Waals surface area contributed by atoms with E-state index in [0.29, 0.717) is 12.1 Å². The molecule has 23 heavy (non-hydrogen) atoms. The van der Waals surface area contributed by atoms with Crippen molar-refractivity contribution in [3.63, 3.8) is 0 Å². The Morgan fingerprint density at radius 1 is 1.17 bits per heavy atom. The molecule has 0 saturated carbocycles. The van der Waals surface area contributed by atoms with E-state index in [0.717, 1.165) is 33.6 Å². The van der Waals surface area contributed by atoms with Gasteiger partial charge in [0.2, 0.25) is 6.20 Å². The van der Waals surface area contributed by atoms with Crippen molar-refractivity contribution in [1.29, 1.82) is 0 Å². The van der Waals surface area contributed by atoms with Gasteiger partial charge in [-0.25, -0.2) is 0 Å². The molecule has 0 aliphatic carbocycles. The van der Waals surface area contributed by atoms with Gasteiger partial charge in [0.1, 0.15) is 12.3 Å². The smallest absolute Gasteiger partial charge is 0.217 e. The van der Waals surface area contributed by atoms with Crippen molar-refractivity contribution in [3.05, 3.63) is 77.3 Å². The van der Waals surface area contributed by atoms with Gasteiger partial charge in [-0.05, 0) is 23.3 Å². The number of hydrogen-bond donors (Lipinski definition) is 0. The number of rotatable bonds is 5. The molecule has 0 radical (unpaired) electrons. The third-order valence-corrected chi connectivity index (χ3v) is 3.69. The molecule has 0 amide bonds. The van der Waals surface area contributed by atoms with Gasteiger partial charge in [-0.15, -0.1) is 4.68 Å². The van der Waals surface area contributed by atoms with Crippen molar-refractivity contribution in [2.24, 2.45) is 0 Å². The molecule has 0 unspecified atom stereocenters. The lowest BCUT2D eigenvalue weighted by Gasteiger charge is -2.04. The predicted molar refractivity (Wildman–Crippen MR) is 86.3 cm³/mol. The quantitative estimate of drug-likeness (QED) is 0.413. The highest BCUT2D eigenvalue weighted by molar-refractivity contribution is 5.86. The van der Waals surface area contributed by atoms with Gasteiger partial charge in [-0.1, -0.05) is 41.2 Å². The highest BCUT2D eigenvalue weighted by Gasteiger charge is 2.13. The average molecular weight is 308 g/mol. The molecule has 0 aliphatic rings. The molecule has 0 spiro atoms. The molecule has 0 N–H and O–H groups in total. The SMILES string of the molecule is COc1ccc(Cn2cc(-c3ccccc3C=O)c[n+]2[O-])cc1. The fourth-order valence-corrected chi connectivity index (χ4v) is 2.48. The van der Waals surface area contributed by atoms with E-state index in [-0.39, 0.29) is 0 Å². The minimum absolute atomic E-state index is 0.441. The van der Waals surface area contributed by atoms with Crippen molar-refractivity contribution < 1.29 is 14.4 Å². The van der Waals surface area contributed by atoms with E-state index in [1.807, 2.05) is 36.4 Å². The van der Waals surface area contributed by atoms with Gasteiger partial charge in [0.15, 0.2) is 6.29 Å². The monoisotopic (exact) mass is 308 g/mol. The Labute approximate surface area is 133 Å². The predicted octanol–water partition coefficient (Wildman–Crippen LogP) is 2.66. The Morgan fingerprint density at radius 2 is 1.91 bits per heavy atom. The molecule has 0 fully saturated rings. The molecule has 0 bridgehead atoms. The van der Waals surface area contributed by atoms with Gasteiger partial charge in [0, 0.05) is 5.56 Å². The van der Waals surface area contributed by atoms with Gasteiger partial charge in [0.05, 0.1) is 18.9 Å². The van der Waals surface area contributed by atoms with Crippen LogP contribution < -0.4 is 9.58 Å². The fraction of sp³-hybridized carbons (Fsp3) is 0.111. The van der Waals surface area contributed by atoms with Crippen molar-refractivity contribution in [1.82, 2.24) is 4.68 Å². The van der Waals surface area contributed by atoms with E-state index >= 15 is 0 Å². The van der Waals surface area contributed by atoms with E-state index in [1.165, 1.54) is 6.20 Å². The summed E-state index contributed by atoms with van der Waals surface area (Å²) >= 11 is 0. The molecular formula is C18H16N2O3. The van der Waals surface area contributed by atoms with Crippen LogP contribution in [0, 0.1) is 5.21 Å². The second-order valence-electron chi connectivity index (χ2n) is 5.17. The molecule has 2 aromatic carbocycles. The van der Waals surface area contributed by atoms with Crippen molar-refractivity contribution in [3.8, 4) is 16.9 Å². The van der Waals surface area contributed by atoms with E-state index in [1.54, 1.807) is 30.1 Å². The molecule has 0 saturated heterocycles. The van der Waals surface area contributed by atoms with Gasteiger partial charge in [-0.2, -0.15) is 0 Å². The largest absolute Gasteiger partial charge is 0.596 e. The summed E-state index contributed by atoms with van der Waals surface area (Å²) in [7, 11) is 1.61. The van der Waals surface area contributed by atoms with Crippen molar-refractivity contribution in [2.45, 2.75) is 6.54 Å². The van der Waals surface area contributed by atoms with Crippen LogP contribution >= 0.6 is 0 Å². The maximum atomic E-state index is 12.1. The second kappa shape index (κ2) is 6.36. The van der Waals surface area contributed by atoms with E-state index < -0.39 is 0 Å². The average Bonchev–Trinajstić information content (AvgIpc) is 2.96. The highest BCUT2D eigenvalue weighted by atomic mass is 16.5. The van der Waals surface area contributed by atoms with Crippen molar-refractivity contribution in [2.75, 3.05) is 7.11 Å². The molecule has 1 aromatic heterocycles. The lowest BCUT2D eigenvalue weighted by molar-refractivity contribution is -0.693. The molecule has 5 heteroatoms. The summed E-state index contributed by atoms with van der Waals surface area (Å²) in [6.45, 7) is 0.441. The second-order valence-corrected chi connectivity index (χ2v) is 5.17. The summed E-state index contributed by atoms with van der Waals surface area (Å²) < 4.78 is 6.68. The third-order valence-electron chi connectivity index (χ3n) is 3.69. The lowest BCUT2D eigenvalue weighted by Crippen LogP contribution is -2.36. The summed E-state index contributed by atoms with van der Waals surface area (Å²) in [5, 5.41) is 12.1. The zero-order valence-corrected chi connectivity index (χ0v) is 12.7. The van der Waals surface area contributed by atoms with Gasteiger partial charge >= 0.3 is 0 Å². The maximum Gasteiger partial charge on any atom is 0.217 e. The summed E-state index contributed by atoms with van der Waals surface area (Å²) in [5.74, 6) is 0.775. The van der Waals surface area contributed by atoms with E-state index in [2.05, 4.69) is 0 Å². The number of carbonyl (C=O) groups excluding carboxylic acids is 1. The van der Waals surface area contributed by atoms with E-state index in [4.69, 9.17) is 4.74 Å². The number of benzene rings is 2. The Balaban J connectivity index is 1.90. The number of methoxy groups -OCH3 is 1. The molecule has 0 atom stereocenters. The van der Waals surface area contributed by atoms with Crippen LogP contribution in [0.1, 0.15) is 15.9 Å². The first-order valence-electron chi connectivity index (χ1n) is 7.18. The number of ether oxygens (including phenoxy) is 1. The van der Waals surface area contributed by atoms with Gasteiger partial charge < -0.3 is 9.94 Å². The summed E-state index contributed by atoms with van der Waals surface area (Å²) in [4.78, 5) is 11.9. The Bertz CT molecular complexity index is 823. The maximum absolute atomic E-state index is 12.1. The van der Waals surface area contributed by atoms with Crippen LogP contribution in [0.25, 0.3) is 11.1 Å². The van der Waals surface area contributed by atoms with Gasteiger partial charge in [0.25, 0.3) is 0 Å². The van der Waals surface area contributed by atoms with E-state index in [9.17, 15) is 10.0 Å². The fourth-order valence-electron chi connectivity index (χ4n) is 2.48. The molecule has 3 aromatic rings. The van der Waals surface area contributed by atoms with Crippen molar-refractivity contribution >= 4 is 6.29 Å². The number of aromatic nitrogens is 2. The zero-order chi connectivity index (χ0) is 16.2. The zero-order valence-electron chi connectivity index (χ0n) is 12.7. The number of carbonyl (C=O) groups is 1. The molecule has 0 aliphatic heterocycles. The van der Waals surface area contributed by atoms with Crippen LogP contribution in [0.3, 0.4) is 0 Å². The Morgan fingerprint density at radius 3 is 2.61 bits per heavy atom. The minimum atomic E-state index is 0.441. The van der Waals surface area contributed by atoms with Crippen LogP contribution in [0.2, 0.25) is 0 Å². The first kappa shape index (κ1) is 14.8. The van der Waals surface area contributed by atoms with Crippen LogP contribution in [-0.2, 0) is 6.54 Å². The Kier molecular flexibility index (Phi) is 4.10. The van der Waals surface area contributed by atoms with Gasteiger partial charge in [-0.3, -0.25) is 4.79 Å². The standard InChI is InChI=1S/C18H16N2O3/c1-23-17-8-6-14(7-9-17)10-19-11-16(12-20(19)22)18-5-3-2-4-15(18)13-21/h2-9,11-13H,10H2,1H3. The number of hydrogen-bond acceptors (Lipinski definition) is 3. The molecule has 116 valence electrons. The first-order chi connectivity index (χ1) is 11.2. The topological polar surface area (TPSA) is 58.2 Å². The number of aldehydes is 1. The molecular weight excluding hydrogens is 292 g/mol. The molecule has 3 rings (SSSR count). The summed E-state index contributed by atoms with van der Waals surface area (Å²) in [6, 6.07) is 14.8. The van der Waals surface area contributed by atoms with Crippen LogP contribution in [0.4, 0.5) is 0 Å². The third kappa shape index (κ3) is 3.08. The summed E-state index contributed by atoms with van der Waals surface area (Å²) in [6.07, 6.45) is 4.02. The number of nitrogens with zero attached hydrogens (tertiary/aromatic N) is 2. The minimum Gasteiger partial charge on any atom is -0.596 e. The van der Waals surface area contributed by atoms with Crippen LogP contribution in [0.5, 0.6) is 5.75 Å². The Hall–Kier alpha value is -3.08. The normalized spacial score (nSPS) is 10.5. The molecule has 5 nitrogen and oxygen atoms in total.